The molecule has 0 spiro atoms. The summed E-state index contributed by atoms with van der Waals surface area (Å²) in [5.74, 6) is -0.570. The summed E-state index contributed by atoms with van der Waals surface area (Å²) in [6.07, 6.45) is -1.19. The van der Waals surface area contributed by atoms with E-state index in [0.29, 0.717) is 0 Å². The molecule has 0 bridgehead atoms. The number of carbonyl (C=O) groups is 1. The summed E-state index contributed by atoms with van der Waals surface area (Å²) in [5.41, 5.74) is 0. The fourth-order valence-corrected chi connectivity index (χ4v) is 0.886. The second-order valence-electron chi connectivity index (χ2n) is 2.34. The van der Waals surface area contributed by atoms with E-state index in [1.54, 1.807) is 0 Å². The molecule has 0 radical (unpaired) electrons. The van der Waals surface area contributed by atoms with Gasteiger partial charge in [-0.15, -0.1) is 0 Å². The fraction of sp³-hybridized carbons (Fsp3) is 0.800. The van der Waals surface area contributed by atoms with E-state index in [1.165, 1.54) is 0 Å². The van der Waals surface area contributed by atoms with E-state index in [4.69, 9.17) is 19.8 Å². The van der Waals surface area contributed by atoms with Crippen LogP contribution in [0, 0.1) is 0 Å². The third kappa shape index (κ3) is 9.62. The molecule has 0 aliphatic rings. The van der Waals surface area contributed by atoms with Gasteiger partial charge in [0.25, 0.3) is 0 Å². The molecule has 0 amide bonds. The van der Waals surface area contributed by atoms with Gasteiger partial charge < -0.3 is 0 Å². The molecule has 7 nitrogen and oxygen atoms in total. The number of hydrogen-bond acceptors (Lipinski definition) is 7. The third-order valence-electron chi connectivity index (χ3n) is 0.948. The molecule has 0 saturated heterocycles. The molecule has 0 heterocycles. The van der Waals surface area contributed by atoms with Crippen molar-refractivity contribution in [1.29, 1.82) is 0 Å². The zero-order chi connectivity index (χ0) is 10.5. The van der Waals surface area contributed by atoms with E-state index in [0.717, 1.165) is 6.92 Å². The molecule has 4 N–H and O–H groups in total. The summed E-state index contributed by atoms with van der Waals surface area (Å²) >= 11 is 0. The SMILES string of the molecule is CC(=O)OCC(O)CO[PH](O)(O)O. The van der Waals surface area contributed by atoms with Crippen molar-refractivity contribution in [3.63, 3.8) is 0 Å². The van der Waals surface area contributed by atoms with Crippen LogP contribution in [-0.4, -0.2) is 45.1 Å². The Labute approximate surface area is 75.2 Å². The fourth-order valence-electron chi connectivity index (χ4n) is 0.470. The minimum atomic E-state index is -4.58. The van der Waals surface area contributed by atoms with Crippen LogP contribution in [0.2, 0.25) is 0 Å². The van der Waals surface area contributed by atoms with Crippen molar-refractivity contribution in [1.82, 2.24) is 0 Å². The molecule has 0 aromatic rings. The zero-order valence-corrected chi connectivity index (χ0v) is 8.01. The predicted octanol–water partition coefficient (Wildman–Crippen LogP) is -1.69. The number of carbonyl (C=O) groups excluding carboxylic acids is 1. The molecule has 80 valence electrons. The Morgan fingerprint density at radius 3 is 2.31 bits per heavy atom. The topological polar surface area (TPSA) is 116 Å². The van der Waals surface area contributed by atoms with E-state index >= 15 is 0 Å². The molecule has 0 aliphatic carbocycles. The zero-order valence-electron chi connectivity index (χ0n) is 7.01. The summed E-state index contributed by atoms with van der Waals surface area (Å²) in [5, 5.41) is 8.95. The molecular formula is C5H13O7P. The van der Waals surface area contributed by atoms with Gasteiger partial charge in [0.05, 0.1) is 0 Å². The van der Waals surface area contributed by atoms with Gasteiger partial charge in [-0.25, -0.2) is 0 Å². The van der Waals surface area contributed by atoms with Gasteiger partial charge in [-0.1, -0.05) is 0 Å². The number of rotatable bonds is 5. The monoisotopic (exact) mass is 216 g/mol. The second-order valence-corrected chi connectivity index (χ2v) is 3.78. The minimum absolute atomic E-state index is 0.320. The third-order valence-corrected chi connectivity index (χ3v) is 1.50. The molecule has 0 rings (SSSR count). The Balaban J connectivity index is 3.52. The van der Waals surface area contributed by atoms with Gasteiger partial charge in [-0.2, -0.15) is 0 Å². The average Bonchev–Trinajstić information content (AvgIpc) is 1.95. The summed E-state index contributed by atoms with van der Waals surface area (Å²) in [7, 11) is -4.58. The van der Waals surface area contributed by atoms with Gasteiger partial charge >= 0.3 is 74.2 Å². The standard InChI is InChI=1S/C5H13O7P/c1-4(6)11-2-5(7)3-12-13(8,9)10/h5,7-10,13H,2-3H2,1H3. The molecule has 0 aromatic carbocycles. The molecule has 0 saturated carbocycles. The van der Waals surface area contributed by atoms with Crippen LogP contribution in [0.4, 0.5) is 0 Å². The first-order chi connectivity index (χ1) is 5.81. The first kappa shape index (κ1) is 12.7. The first-order valence-corrected chi connectivity index (χ1v) is 5.19. The van der Waals surface area contributed by atoms with Crippen LogP contribution in [0.1, 0.15) is 6.92 Å². The van der Waals surface area contributed by atoms with E-state index in [2.05, 4.69) is 9.26 Å². The summed E-state index contributed by atoms with van der Waals surface area (Å²) in [6, 6.07) is 0. The number of aliphatic hydroxyl groups is 1. The van der Waals surface area contributed by atoms with E-state index in [9.17, 15) is 4.79 Å². The van der Waals surface area contributed by atoms with Crippen LogP contribution in [-0.2, 0) is 14.1 Å². The molecule has 0 aromatic heterocycles. The predicted molar refractivity (Wildman–Crippen MR) is 43.6 cm³/mol. The molecule has 1 atom stereocenters. The van der Waals surface area contributed by atoms with Crippen molar-refractivity contribution >= 4 is 14.1 Å². The number of aliphatic hydroxyl groups excluding tert-OH is 1. The maximum atomic E-state index is 10.2. The summed E-state index contributed by atoms with van der Waals surface area (Å²) in [4.78, 5) is 35.3. The Bertz CT molecular complexity index is 165. The summed E-state index contributed by atoms with van der Waals surface area (Å²) < 4.78 is 8.46. The maximum absolute atomic E-state index is 10.2. The van der Waals surface area contributed by atoms with Crippen molar-refractivity contribution in [2.75, 3.05) is 13.2 Å². The normalized spacial score (nSPS) is 15.2. The van der Waals surface area contributed by atoms with E-state index in [-0.39, 0.29) is 6.61 Å². The van der Waals surface area contributed by atoms with Crippen LogP contribution in [0.15, 0.2) is 0 Å². The molecule has 1 unspecified atom stereocenters. The Hall–Kier alpha value is -0.300. The number of ether oxygens (including phenoxy) is 1. The molecule has 13 heavy (non-hydrogen) atoms. The Morgan fingerprint density at radius 2 is 1.92 bits per heavy atom. The van der Waals surface area contributed by atoms with Crippen LogP contribution in [0.3, 0.4) is 0 Å². The quantitative estimate of drug-likeness (QED) is 0.320. The first-order valence-electron chi connectivity index (χ1n) is 3.44. The number of hydrogen-bond donors (Lipinski definition) is 4. The Kier molecular flexibility index (Phi) is 5.31. The van der Waals surface area contributed by atoms with Crippen LogP contribution < -0.4 is 0 Å². The van der Waals surface area contributed by atoms with Crippen molar-refractivity contribution in [2.45, 2.75) is 13.0 Å². The molecule has 0 aliphatic heterocycles. The van der Waals surface area contributed by atoms with Gasteiger partial charge in [-0.3, -0.25) is 0 Å². The molecule has 8 heteroatoms. The van der Waals surface area contributed by atoms with Crippen molar-refractivity contribution in [3.8, 4) is 0 Å². The van der Waals surface area contributed by atoms with Crippen molar-refractivity contribution in [2.24, 2.45) is 0 Å². The van der Waals surface area contributed by atoms with Gasteiger partial charge in [-0.05, 0) is 0 Å². The van der Waals surface area contributed by atoms with E-state index in [1.807, 2.05) is 0 Å². The summed E-state index contributed by atoms with van der Waals surface area (Å²) in [6.45, 7) is 0.333. The van der Waals surface area contributed by atoms with Gasteiger partial charge in [0.2, 0.25) is 0 Å². The molecule has 0 fully saturated rings. The van der Waals surface area contributed by atoms with E-state index < -0.39 is 26.9 Å². The Morgan fingerprint density at radius 1 is 1.38 bits per heavy atom. The van der Waals surface area contributed by atoms with Crippen LogP contribution >= 0.6 is 8.17 Å². The number of esters is 1. The van der Waals surface area contributed by atoms with Crippen LogP contribution in [0.5, 0.6) is 0 Å². The van der Waals surface area contributed by atoms with Crippen molar-refractivity contribution in [3.05, 3.63) is 0 Å². The molecular weight excluding hydrogens is 203 g/mol. The van der Waals surface area contributed by atoms with Gasteiger partial charge in [0.1, 0.15) is 0 Å². The van der Waals surface area contributed by atoms with Crippen molar-refractivity contribution < 1.29 is 33.8 Å². The van der Waals surface area contributed by atoms with Gasteiger partial charge in [0, 0.05) is 0 Å². The van der Waals surface area contributed by atoms with Crippen LogP contribution in [0.25, 0.3) is 0 Å². The second kappa shape index (κ2) is 5.43. The van der Waals surface area contributed by atoms with Gasteiger partial charge in [0.15, 0.2) is 0 Å². The average molecular weight is 216 g/mol.